The lowest BCUT2D eigenvalue weighted by molar-refractivity contribution is 0.0985. The van der Waals surface area contributed by atoms with Gasteiger partial charge in [0, 0.05) is 5.54 Å². The van der Waals surface area contributed by atoms with Crippen molar-refractivity contribution in [3.8, 4) is 0 Å². The molecule has 0 atom stereocenters. The molecule has 0 aliphatic heterocycles. The van der Waals surface area contributed by atoms with Crippen molar-refractivity contribution in [1.82, 2.24) is 5.32 Å². The fraction of sp³-hybridized carbons (Fsp3) is 0.545. The lowest BCUT2D eigenvalue weighted by Gasteiger charge is -2.19. The molecule has 1 aromatic rings. The van der Waals surface area contributed by atoms with Gasteiger partial charge in [0.1, 0.15) is 0 Å². The first-order valence-electron chi connectivity index (χ1n) is 4.72. The summed E-state index contributed by atoms with van der Waals surface area (Å²) in [6.45, 7) is 8.57. The maximum Gasteiger partial charge on any atom is 0.186 e. The second-order valence-electron chi connectivity index (χ2n) is 4.46. The summed E-state index contributed by atoms with van der Waals surface area (Å²) in [6, 6.07) is 1.98. The van der Waals surface area contributed by atoms with Crippen LogP contribution in [0.4, 0.5) is 0 Å². The molecule has 0 aliphatic carbocycles. The van der Waals surface area contributed by atoms with Crippen LogP contribution in [0.25, 0.3) is 0 Å². The zero-order chi connectivity index (χ0) is 10.8. The van der Waals surface area contributed by atoms with Crippen LogP contribution in [0.2, 0.25) is 0 Å². The number of Topliss-reactive ketones (excluding diaryl/α,β-unsaturated/α-hetero) is 1. The minimum atomic E-state index is 0.000818. The smallest absolute Gasteiger partial charge is 0.186 e. The van der Waals surface area contributed by atoms with Gasteiger partial charge in [0.2, 0.25) is 0 Å². The topological polar surface area (TPSA) is 29.1 Å². The Morgan fingerprint density at radius 2 is 2.14 bits per heavy atom. The number of thiophene rings is 1. The average molecular weight is 211 g/mol. The minimum absolute atomic E-state index is 0.000818. The second kappa shape index (κ2) is 4.24. The Bertz CT molecular complexity index is 322. The van der Waals surface area contributed by atoms with E-state index in [4.69, 9.17) is 0 Å². The number of rotatable bonds is 3. The maximum atomic E-state index is 11.7. The summed E-state index contributed by atoms with van der Waals surface area (Å²) < 4.78 is 0. The van der Waals surface area contributed by atoms with Gasteiger partial charge in [-0.05, 0) is 44.7 Å². The fourth-order valence-electron chi connectivity index (χ4n) is 1.08. The Kier molecular flexibility index (Phi) is 3.45. The molecule has 3 heteroatoms. The Labute approximate surface area is 89.3 Å². The van der Waals surface area contributed by atoms with Crippen molar-refractivity contribution < 1.29 is 4.79 Å². The summed E-state index contributed by atoms with van der Waals surface area (Å²) in [5, 5.41) is 5.15. The number of aryl methyl sites for hydroxylation is 1. The van der Waals surface area contributed by atoms with E-state index in [9.17, 15) is 4.79 Å². The largest absolute Gasteiger partial charge is 0.305 e. The predicted octanol–water partition coefficient (Wildman–Crippen LogP) is 2.63. The molecular weight excluding hydrogens is 194 g/mol. The lowest BCUT2D eigenvalue weighted by atomic mass is 10.1. The van der Waals surface area contributed by atoms with E-state index in [1.807, 2.05) is 18.4 Å². The highest BCUT2D eigenvalue weighted by Crippen LogP contribution is 2.15. The summed E-state index contributed by atoms with van der Waals surface area (Å²) in [6.07, 6.45) is 0. The Hall–Kier alpha value is -0.670. The molecule has 0 saturated heterocycles. The molecule has 1 heterocycles. The highest BCUT2D eigenvalue weighted by atomic mass is 32.1. The van der Waals surface area contributed by atoms with Crippen molar-refractivity contribution >= 4 is 17.1 Å². The van der Waals surface area contributed by atoms with Crippen molar-refractivity contribution in [3.05, 3.63) is 21.9 Å². The molecule has 0 aliphatic rings. The summed E-state index contributed by atoms with van der Waals surface area (Å²) >= 11 is 1.52. The number of nitrogens with one attached hydrogen (secondary N) is 1. The average Bonchev–Trinajstić information content (AvgIpc) is 2.46. The molecular formula is C11H17NOS. The molecule has 0 radical (unpaired) electrons. The number of hydrogen-bond acceptors (Lipinski definition) is 3. The molecule has 0 amide bonds. The number of carbonyl (C=O) groups is 1. The molecule has 1 N–H and O–H groups in total. The third-order valence-corrected chi connectivity index (χ3v) is 2.95. The molecule has 0 spiro atoms. The van der Waals surface area contributed by atoms with E-state index in [0.717, 1.165) is 10.4 Å². The molecule has 0 unspecified atom stereocenters. The molecule has 0 aromatic carbocycles. The van der Waals surface area contributed by atoms with Crippen molar-refractivity contribution in [2.24, 2.45) is 0 Å². The maximum absolute atomic E-state index is 11.7. The number of carbonyl (C=O) groups excluding carboxylic acids is 1. The van der Waals surface area contributed by atoms with Crippen LogP contribution in [0.1, 0.15) is 36.0 Å². The molecule has 78 valence electrons. The van der Waals surface area contributed by atoms with Gasteiger partial charge in [0.15, 0.2) is 5.78 Å². The molecule has 0 fully saturated rings. The van der Waals surface area contributed by atoms with Gasteiger partial charge in [0.05, 0.1) is 11.4 Å². The molecule has 0 bridgehead atoms. The first kappa shape index (κ1) is 11.4. The Morgan fingerprint density at radius 3 is 2.57 bits per heavy atom. The second-order valence-corrected chi connectivity index (χ2v) is 5.38. The Morgan fingerprint density at radius 1 is 1.50 bits per heavy atom. The summed E-state index contributed by atoms with van der Waals surface area (Å²) in [5.74, 6) is 0.187. The predicted molar refractivity (Wildman–Crippen MR) is 61.1 cm³/mol. The highest BCUT2D eigenvalue weighted by molar-refractivity contribution is 7.12. The standard InChI is InChI=1S/C11H17NOS/c1-8-5-6-14-10(8)9(13)7-12-11(2,3)4/h5-6,12H,7H2,1-4H3. The molecule has 1 aromatic heterocycles. The van der Waals surface area contributed by atoms with Crippen LogP contribution in [0.15, 0.2) is 11.4 Å². The molecule has 1 rings (SSSR count). The van der Waals surface area contributed by atoms with Gasteiger partial charge in [-0.25, -0.2) is 0 Å². The lowest BCUT2D eigenvalue weighted by Crippen LogP contribution is -2.39. The van der Waals surface area contributed by atoms with E-state index in [2.05, 4.69) is 26.1 Å². The van der Waals surface area contributed by atoms with Crippen LogP contribution in [-0.2, 0) is 0 Å². The summed E-state index contributed by atoms with van der Waals surface area (Å²) in [4.78, 5) is 12.6. The van der Waals surface area contributed by atoms with Gasteiger partial charge >= 0.3 is 0 Å². The molecule has 2 nitrogen and oxygen atoms in total. The first-order valence-corrected chi connectivity index (χ1v) is 5.60. The third-order valence-electron chi connectivity index (χ3n) is 1.89. The van der Waals surface area contributed by atoms with Crippen LogP contribution in [0.5, 0.6) is 0 Å². The van der Waals surface area contributed by atoms with E-state index in [-0.39, 0.29) is 11.3 Å². The summed E-state index contributed by atoms with van der Waals surface area (Å²) in [7, 11) is 0. The Balaban J connectivity index is 2.56. The zero-order valence-electron chi connectivity index (χ0n) is 9.18. The normalized spacial score (nSPS) is 11.7. The van der Waals surface area contributed by atoms with Crippen LogP contribution in [0, 0.1) is 6.92 Å². The van der Waals surface area contributed by atoms with E-state index >= 15 is 0 Å². The van der Waals surface area contributed by atoms with Crippen molar-refractivity contribution in [3.63, 3.8) is 0 Å². The molecule has 14 heavy (non-hydrogen) atoms. The SMILES string of the molecule is Cc1ccsc1C(=O)CNC(C)(C)C. The number of ketones is 1. The minimum Gasteiger partial charge on any atom is -0.305 e. The van der Waals surface area contributed by atoms with Crippen LogP contribution < -0.4 is 5.32 Å². The van der Waals surface area contributed by atoms with Gasteiger partial charge in [-0.3, -0.25) is 4.79 Å². The highest BCUT2D eigenvalue weighted by Gasteiger charge is 2.14. The summed E-state index contributed by atoms with van der Waals surface area (Å²) in [5.41, 5.74) is 1.08. The van der Waals surface area contributed by atoms with Crippen molar-refractivity contribution in [1.29, 1.82) is 0 Å². The van der Waals surface area contributed by atoms with Crippen molar-refractivity contribution in [2.45, 2.75) is 33.2 Å². The monoisotopic (exact) mass is 211 g/mol. The first-order chi connectivity index (χ1) is 6.40. The van der Waals surface area contributed by atoms with E-state index in [0.29, 0.717) is 6.54 Å². The van der Waals surface area contributed by atoms with E-state index in [1.54, 1.807) is 0 Å². The van der Waals surface area contributed by atoms with Crippen LogP contribution >= 0.6 is 11.3 Å². The van der Waals surface area contributed by atoms with Gasteiger partial charge < -0.3 is 5.32 Å². The molecule has 0 saturated carbocycles. The fourth-order valence-corrected chi connectivity index (χ4v) is 1.95. The third kappa shape index (κ3) is 3.24. The zero-order valence-corrected chi connectivity index (χ0v) is 9.99. The van der Waals surface area contributed by atoms with Gasteiger partial charge in [-0.15, -0.1) is 11.3 Å². The van der Waals surface area contributed by atoms with Crippen LogP contribution in [0.3, 0.4) is 0 Å². The van der Waals surface area contributed by atoms with E-state index in [1.165, 1.54) is 11.3 Å². The van der Waals surface area contributed by atoms with Gasteiger partial charge in [0.25, 0.3) is 0 Å². The van der Waals surface area contributed by atoms with Gasteiger partial charge in [-0.2, -0.15) is 0 Å². The van der Waals surface area contributed by atoms with Crippen LogP contribution in [-0.4, -0.2) is 17.9 Å². The van der Waals surface area contributed by atoms with Gasteiger partial charge in [-0.1, -0.05) is 0 Å². The van der Waals surface area contributed by atoms with Crippen molar-refractivity contribution in [2.75, 3.05) is 6.54 Å². The quantitative estimate of drug-likeness (QED) is 0.779. The number of hydrogen-bond donors (Lipinski definition) is 1. The van der Waals surface area contributed by atoms with E-state index < -0.39 is 0 Å².